The maximum Gasteiger partial charge on any atom is 0.171 e. The van der Waals surface area contributed by atoms with E-state index < -0.39 is 0 Å². The molecule has 1 heterocycles. The molecule has 0 radical (unpaired) electrons. The summed E-state index contributed by atoms with van der Waals surface area (Å²) in [5, 5.41) is 3.61. The first kappa shape index (κ1) is 9.98. The van der Waals surface area contributed by atoms with E-state index in [4.69, 9.17) is 4.52 Å². The zero-order valence-corrected chi connectivity index (χ0v) is 8.95. The number of rotatable bonds is 3. The second-order valence-electron chi connectivity index (χ2n) is 2.96. The number of carbonyl (C=O) groups excluding carboxylic acids is 1. The normalized spacial score (nSPS) is 10.2. The van der Waals surface area contributed by atoms with Gasteiger partial charge in [0.25, 0.3) is 0 Å². The Morgan fingerprint density at radius 2 is 2.07 bits per heavy atom. The smallest absolute Gasteiger partial charge is 0.171 e. The van der Waals surface area contributed by atoms with Gasteiger partial charge in [-0.05, 0) is 18.4 Å². The monoisotopic (exact) mass is 219 g/mol. The van der Waals surface area contributed by atoms with E-state index in [1.165, 1.54) is 4.90 Å². The third-order valence-corrected chi connectivity index (χ3v) is 2.77. The summed E-state index contributed by atoms with van der Waals surface area (Å²) < 4.78 is 5.03. The van der Waals surface area contributed by atoms with Gasteiger partial charge >= 0.3 is 0 Å². The first-order valence-corrected chi connectivity index (χ1v) is 5.62. The molecule has 0 spiro atoms. The lowest BCUT2D eigenvalue weighted by atomic mass is 10.2. The van der Waals surface area contributed by atoms with Crippen LogP contribution in [-0.2, 0) is 0 Å². The molecule has 0 N–H and O–H groups in total. The predicted molar refractivity (Wildman–Crippen MR) is 59.1 cm³/mol. The van der Waals surface area contributed by atoms with Gasteiger partial charge in [-0.2, -0.15) is 0 Å². The van der Waals surface area contributed by atoms with E-state index in [1.54, 1.807) is 17.8 Å². The number of aromatic nitrogens is 1. The fourth-order valence-electron chi connectivity index (χ4n) is 1.24. The molecule has 0 unspecified atom stereocenters. The molecule has 1 aromatic heterocycles. The quantitative estimate of drug-likeness (QED) is 0.588. The zero-order valence-electron chi connectivity index (χ0n) is 8.14. The molecule has 0 saturated heterocycles. The average molecular weight is 219 g/mol. The van der Waals surface area contributed by atoms with Gasteiger partial charge in [0, 0.05) is 16.5 Å². The van der Waals surface area contributed by atoms with Gasteiger partial charge in [0.15, 0.2) is 12.0 Å². The molecule has 76 valence electrons. The van der Waals surface area contributed by atoms with Crippen LogP contribution < -0.4 is 0 Å². The number of nitrogens with zero attached hydrogens (tertiary/aromatic N) is 1. The Labute approximate surface area is 91.5 Å². The maximum absolute atomic E-state index is 10.4. The molecule has 0 fully saturated rings. The first-order chi connectivity index (χ1) is 7.33. The Bertz CT molecular complexity index is 462. The van der Waals surface area contributed by atoms with Crippen LogP contribution in [0.2, 0.25) is 0 Å². The highest BCUT2D eigenvalue weighted by molar-refractivity contribution is 7.98. The molecule has 2 aromatic rings. The van der Waals surface area contributed by atoms with Crippen molar-refractivity contribution in [1.82, 2.24) is 5.16 Å². The summed E-state index contributed by atoms with van der Waals surface area (Å²) in [6, 6.07) is 9.52. The third kappa shape index (κ3) is 2.10. The van der Waals surface area contributed by atoms with Gasteiger partial charge in [0.05, 0.1) is 0 Å². The standard InChI is InChI=1S/C11H9NO2S/c1-15-10-4-2-8(3-5-10)11-6-9(7-13)12-14-11/h2-7H,1H3. The Hall–Kier alpha value is -1.55. The van der Waals surface area contributed by atoms with Crippen molar-refractivity contribution >= 4 is 18.0 Å². The topological polar surface area (TPSA) is 43.1 Å². The van der Waals surface area contributed by atoms with Crippen molar-refractivity contribution < 1.29 is 9.32 Å². The number of benzene rings is 1. The van der Waals surface area contributed by atoms with Crippen LogP contribution >= 0.6 is 11.8 Å². The summed E-state index contributed by atoms with van der Waals surface area (Å²) in [6.45, 7) is 0. The summed E-state index contributed by atoms with van der Waals surface area (Å²) in [5.74, 6) is 0.616. The number of hydrogen-bond donors (Lipinski definition) is 0. The molecular formula is C11H9NO2S. The molecular weight excluding hydrogens is 210 g/mol. The fourth-order valence-corrected chi connectivity index (χ4v) is 1.64. The van der Waals surface area contributed by atoms with Crippen molar-refractivity contribution in [2.45, 2.75) is 4.90 Å². The van der Waals surface area contributed by atoms with E-state index in [-0.39, 0.29) is 0 Å². The van der Waals surface area contributed by atoms with E-state index in [2.05, 4.69) is 5.16 Å². The second-order valence-corrected chi connectivity index (χ2v) is 3.84. The number of thioether (sulfide) groups is 1. The molecule has 2 rings (SSSR count). The van der Waals surface area contributed by atoms with Gasteiger partial charge in [0.1, 0.15) is 5.69 Å². The molecule has 0 aliphatic heterocycles. The van der Waals surface area contributed by atoms with E-state index in [0.29, 0.717) is 17.7 Å². The summed E-state index contributed by atoms with van der Waals surface area (Å²) >= 11 is 1.68. The Balaban J connectivity index is 2.32. The maximum atomic E-state index is 10.4. The predicted octanol–water partition coefficient (Wildman–Crippen LogP) is 2.88. The highest BCUT2D eigenvalue weighted by Gasteiger charge is 2.05. The van der Waals surface area contributed by atoms with Crippen LogP contribution in [0.3, 0.4) is 0 Å². The van der Waals surface area contributed by atoms with Crippen LogP contribution in [0.15, 0.2) is 39.8 Å². The van der Waals surface area contributed by atoms with Gasteiger partial charge in [-0.1, -0.05) is 17.3 Å². The van der Waals surface area contributed by atoms with Gasteiger partial charge < -0.3 is 4.52 Å². The zero-order chi connectivity index (χ0) is 10.7. The molecule has 0 bridgehead atoms. The van der Waals surface area contributed by atoms with E-state index in [0.717, 1.165) is 5.56 Å². The van der Waals surface area contributed by atoms with Gasteiger partial charge in [-0.15, -0.1) is 11.8 Å². The summed E-state index contributed by atoms with van der Waals surface area (Å²) in [5.41, 5.74) is 1.24. The first-order valence-electron chi connectivity index (χ1n) is 4.40. The lowest BCUT2D eigenvalue weighted by Gasteiger charge is -1.97. The Morgan fingerprint density at radius 3 is 2.60 bits per heavy atom. The Kier molecular flexibility index (Phi) is 2.87. The van der Waals surface area contributed by atoms with Crippen LogP contribution in [0, 0.1) is 0 Å². The summed E-state index contributed by atoms with van der Waals surface area (Å²) in [7, 11) is 0. The summed E-state index contributed by atoms with van der Waals surface area (Å²) in [4.78, 5) is 11.6. The van der Waals surface area contributed by atoms with Crippen LogP contribution in [0.25, 0.3) is 11.3 Å². The largest absolute Gasteiger partial charge is 0.356 e. The number of hydrogen-bond acceptors (Lipinski definition) is 4. The second kappa shape index (κ2) is 4.31. The lowest BCUT2D eigenvalue weighted by molar-refractivity contribution is 0.111. The molecule has 4 heteroatoms. The number of aldehydes is 1. The van der Waals surface area contributed by atoms with E-state index in [9.17, 15) is 4.79 Å². The van der Waals surface area contributed by atoms with Crippen LogP contribution in [0.1, 0.15) is 10.5 Å². The molecule has 1 aromatic carbocycles. The number of carbonyl (C=O) groups is 1. The minimum atomic E-state index is 0.318. The van der Waals surface area contributed by atoms with Crippen molar-refractivity contribution in [3.63, 3.8) is 0 Å². The summed E-state index contributed by atoms with van der Waals surface area (Å²) in [6.07, 6.45) is 2.69. The minimum Gasteiger partial charge on any atom is -0.356 e. The van der Waals surface area contributed by atoms with Crippen LogP contribution in [-0.4, -0.2) is 17.7 Å². The molecule has 0 amide bonds. The lowest BCUT2D eigenvalue weighted by Crippen LogP contribution is -1.75. The molecule has 0 saturated carbocycles. The molecule has 0 aliphatic rings. The highest BCUT2D eigenvalue weighted by atomic mass is 32.2. The van der Waals surface area contributed by atoms with Crippen molar-refractivity contribution in [2.75, 3.05) is 6.26 Å². The molecule has 0 aliphatic carbocycles. The third-order valence-electron chi connectivity index (χ3n) is 2.02. The highest BCUT2D eigenvalue weighted by Crippen LogP contribution is 2.23. The van der Waals surface area contributed by atoms with E-state index >= 15 is 0 Å². The molecule has 15 heavy (non-hydrogen) atoms. The van der Waals surface area contributed by atoms with Gasteiger partial charge in [-0.25, -0.2) is 0 Å². The molecule has 3 nitrogen and oxygen atoms in total. The SMILES string of the molecule is CSc1ccc(-c2cc(C=O)no2)cc1. The van der Waals surface area contributed by atoms with Crippen molar-refractivity contribution in [2.24, 2.45) is 0 Å². The van der Waals surface area contributed by atoms with E-state index in [1.807, 2.05) is 30.5 Å². The van der Waals surface area contributed by atoms with Gasteiger partial charge in [0.2, 0.25) is 0 Å². The van der Waals surface area contributed by atoms with Crippen molar-refractivity contribution in [1.29, 1.82) is 0 Å². The fraction of sp³-hybridized carbons (Fsp3) is 0.0909. The van der Waals surface area contributed by atoms with Crippen molar-refractivity contribution in [3.05, 3.63) is 36.0 Å². The Morgan fingerprint density at radius 1 is 1.33 bits per heavy atom. The van der Waals surface area contributed by atoms with Crippen LogP contribution in [0.4, 0.5) is 0 Å². The van der Waals surface area contributed by atoms with Crippen molar-refractivity contribution in [3.8, 4) is 11.3 Å². The molecule has 0 atom stereocenters. The van der Waals surface area contributed by atoms with Gasteiger partial charge in [-0.3, -0.25) is 4.79 Å². The minimum absolute atomic E-state index is 0.318. The average Bonchev–Trinajstić information content (AvgIpc) is 2.78. The van der Waals surface area contributed by atoms with Crippen LogP contribution in [0.5, 0.6) is 0 Å².